The smallest absolute Gasteiger partial charge is 0.337 e. The number of rotatable bonds is 3. The van der Waals surface area contributed by atoms with Crippen molar-refractivity contribution in [2.24, 2.45) is 0 Å². The zero-order valence-corrected chi connectivity index (χ0v) is 10.4. The molecule has 1 rings (SSSR count). The number of carbonyl (C=O) groups excluding carboxylic acids is 1. The number of thioether (sulfide) groups is 1. The Morgan fingerprint density at radius 2 is 1.76 bits per heavy atom. The van der Waals surface area contributed by atoms with Crippen LogP contribution in [0.15, 0.2) is 0 Å². The third kappa shape index (κ3) is 6.65. The minimum Gasteiger partial charge on any atom is -0.337 e. The van der Waals surface area contributed by atoms with E-state index in [1.807, 2.05) is 0 Å². The Kier molecular flexibility index (Phi) is 5.94. The topological polar surface area (TPSA) is 32.3 Å². The highest BCUT2D eigenvalue weighted by atomic mass is 32.2. The molecule has 1 fully saturated rings. The Morgan fingerprint density at radius 1 is 1.18 bits per heavy atom. The molecule has 0 atom stereocenters. The number of hydrogen-bond donors (Lipinski definition) is 1. The van der Waals surface area contributed by atoms with E-state index in [4.69, 9.17) is 0 Å². The van der Waals surface area contributed by atoms with E-state index in [1.54, 1.807) is 4.90 Å². The van der Waals surface area contributed by atoms with E-state index >= 15 is 0 Å². The first-order chi connectivity index (χ1) is 7.99. The van der Waals surface area contributed by atoms with Crippen molar-refractivity contribution < 1.29 is 18.0 Å². The lowest BCUT2D eigenvalue weighted by molar-refractivity contribution is -0.0327. The van der Waals surface area contributed by atoms with Gasteiger partial charge in [0.15, 0.2) is 0 Å². The predicted molar refractivity (Wildman–Crippen MR) is 62.0 cm³/mol. The Balaban J connectivity index is 2.15. The third-order valence-corrected chi connectivity index (χ3v) is 3.27. The maximum Gasteiger partial charge on any atom is 0.441 e. The lowest BCUT2D eigenvalue weighted by Gasteiger charge is -2.20. The molecule has 2 amide bonds. The summed E-state index contributed by atoms with van der Waals surface area (Å²) < 4.78 is 35.5. The van der Waals surface area contributed by atoms with Gasteiger partial charge in [-0.3, -0.25) is 0 Å². The van der Waals surface area contributed by atoms with E-state index in [1.165, 1.54) is 0 Å². The summed E-state index contributed by atoms with van der Waals surface area (Å²) in [4.78, 5) is 13.3. The summed E-state index contributed by atoms with van der Waals surface area (Å²) in [5, 5.41) is 2.52. The molecule has 0 radical (unpaired) electrons. The molecule has 1 saturated heterocycles. The molecular weight excluding hydrogens is 253 g/mol. The van der Waals surface area contributed by atoms with Gasteiger partial charge in [-0.05, 0) is 24.6 Å². The number of amides is 2. The second-order valence-corrected chi connectivity index (χ2v) is 5.09. The van der Waals surface area contributed by atoms with Gasteiger partial charge in [0.05, 0.1) is 0 Å². The standard InChI is InChI=1S/C10H17F3N2OS/c11-10(12,13)17-8-5-14-9(16)15-6-3-1-2-4-7-15/h1-8H2,(H,14,16). The summed E-state index contributed by atoms with van der Waals surface area (Å²) in [7, 11) is 0. The molecule has 0 aromatic carbocycles. The minimum absolute atomic E-state index is 0.0551. The van der Waals surface area contributed by atoms with Crippen LogP contribution in [0.2, 0.25) is 0 Å². The van der Waals surface area contributed by atoms with Crippen LogP contribution in [0.4, 0.5) is 18.0 Å². The van der Waals surface area contributed by atoms with Gasteiger partial charge in [0.25, 0.3) is 0 Å². The van der Waals surface area contributed by atoms with E-state index in [-0.39, 0.29) is 30.1 Å². The Morgan fingerprint density at radius 3 is 2.29 bits per heavy atom. The summed E-state index contributed by atoms with van der Waals surface area (Å²) in [6.07, 6.45) is 4.19. The molecule has 17 heavy (non-hydrogen) atoms. The number of nitrogens with one attached hydrogen (secondary N) is 1. The maximum atomic E-state index is 11.8. The van der Waals surface area contributed by atoms with Crippen LogP contribution in [0, 0.1) is 0 Å². The van der Waals surface area contributed by atoms with Crippen molar-refractivity contribution in [2.75, 3.05) is 25.4 Å². The van der Waals surface area contributed by atoms with Crippen LogP contribution in [0.1, 0.15) is 25.7 Å². The number of alkyl halides is 3. The second-order valence-electron chi connectivity index (χ2n) is 3.93. The fourth-order valence-corrected chi connectivity index (χ4v) is 2.15. The predicted octanol–water partition coefficient (Wildman–Crippen LogP) is 2.83. The van der Waals surface area contributed by atoms with Crippen LogP contribution in [0.25, 0.3) is 0 Å². The van der Waals surface area contributed by atoms with Gasteiger partial charge in [-0.2, -0.15) is 13.2 Å². The van der Waals surface area contributed by atoms with E-state index in [2.05, 4.69) is 5.32 Å². The van der Waals surface area contributed by atoms with Gasteiger partial charge >= 0.3 is 11.5 Å². The SMILES string of the molecule is O=C(NCCSC(F)(F)F)N1CCCCCC1. The van der Waals surface area contributed by atoms with Crippen molar-refractivity contribution in [3.8, 4) is 0 Å². The van der Waals surface area contributed by atoms with Gasteiger partial charge in [-0.25, -0.2) is 4.79 Å². The summed E-state index contributed by atoms with van der Waals surface area (Å²) >= 11 is -0.107. The monoisotopic (exact) mass is 270 g/mol. The van der Waals surface area contributed by atoms with Crippen molar-refractivity contribution in [2.45, 2.75) is 31.2 Å². The highest BCUT2D eigenvalue weighted by molar-refractivity contribution is 8.00. The van der Waals surface area contributed by atoms with Gasteiger partial charge in [-0.15, -0.1) is 0 Å². The van der Waals surface area contributed by atoms with E-state index in [0.717, 1.165) is 25.7 Å². The average Bonchev–Trinajstić information content (AvgIpc) is 2.51. The maximum absolute atomic E-state index is 11.8. The lowest BCUT2D eigenvalue weighted by Crippen LogP contribution is -2.41. The summed E-state index contributed by atoms with van der Waals surface area (Å²) in [6.45, 7) is 1.47. The fourth-order valence-electron chi connectivity index (χ4n) is 1.71. The van der Waals surface area contributed by atoms with Gasteiger partial charge in [0.2, 0.25) is 0 Å². The molecule has 3 nitrogen and oxygen atoms in total. The quantitative estimate of drug-likeness (QED) is 0.800. The molecule has 7 heteroatoms. The molecule has 1 aliphatic rings. The highest BCUT2D eigenvalue weighted by Gasteiger charge is 2.27. The summed E-state index contributed by atoms with van der Waals surface area (Å²) in [5.74, 6) is -0.136. The summed E-state index contributed by atoms with van der Waals surface area (Å²) in [6, 6.07) is -0.241. The minimum atomic E-state index is -4.21. The van der Waals surface area contributed by atoms with Crippen molar-refractivity contribution in [3.05, 3.63) is 0 Å². The Labute approximate surface area is 103 Å². The van der Waals surface area contributed by atoms with Crippen molar-refractivity contribution in [3.63, 3.8) is 0 Å². The van der Waals surface area contributed by atoms with Gasteiger partial charge in [-0.1, -0.05) is 12.8 Å². The lowest BCUT2D eigenvalue weighted by atomic mass is 10.2. The molecule has 1 aliphatic heterocycles. The zero-order valence-electron chi connectivity index (χ0n) is 9.55. The van der Waals surface area contributed by atoms with Crippen LogP contribution in [-0.2, 0) is 0 Å². The highest BCUT2D eigenvalue weighted by Crippen LogP contribution is 2.29. The molecule has 0 aliphatic carbocycles. The largest absolute Gasteiger partial charge is 0.441 e. The molecule has 0 unspecified atom stereocenters. The Bertz CT molecular complexity index is 240. The van der Waals surface area contributed by atoms with Crippen molar-refractivity contribution >= 4 is 17.8 Å². The summed E-state index contributed by atoms with van der Waals surface area (Å²) in [5.41, 5.74) is -4.21. The number of likely N-dealkylation sites (tertiary alicyclic amines) is 1. The second kappa shape index (κ2) is 6.98. The number of hydrogen-bond acceptors (Lipinski definition) is 2. The Hall–Kier alpha value is -0.590. The number of nitrogens with zero attached hydrogens (tertiary/aromatic N) is 1. The van der Waals surface area contributed by atoms with E-state index in [0.29, 0.717) is 13.1 Å². The molecule has 0 bridgehead atoms. The number of carbonyl (C=O) groups is 1. The van der Waals surface area contributed by atoms with E-state index in [9.17, 15) is 18.0 Å². The number of urea groups is 1. The molecule has 1 N–H and O–H groups in total. The fraction of sp³-hybridized carbons (Fsp3) is 0.900. The molecule has 100 valence electrons. The van der Waals surface area contributed by atoms with Gasteiger partial charge < -0.3 is 10.2 Å². The zero-order chi connectivity index (χ0) is 12.7. The van der Waals surface area contributed by atoms with Crippen molar-refractivity contribution in [1.82, 2.24) is 10.2 Å². The van der Waals surface area contributed by atoms with Crippen molar-refractivity contribution in [1.29, 1.82) is 0 Å². The molecule has 0 aromatic rings. The molecule has 0 saturated carbocycles. The first kappa shape index (κ1) is 14.5. The number of halogens is 3. The molecule has 1 heterocycles. The van der Waals surface area contributed by atoms with Crippen LogP contribution in [0.5, 0.6) is 0 Å². The van der Waals surface area contributed by atoms with E-state index < -0.39 is 5.51 Å². The van der Waals surface area contributed by atoms with Crippen LogP contribution in [0.3, 0.4) is 0 Å². The molecular formula is C10H17F3N2OS. The first-order valence-electron chi connectivity index (χ1n) is 5.72. The molecule has 0 spiro atoms. The van der Waals surface area contributed by atoms with Crippen LogP contribution >= 0.6 is 11.8 Å². The average molecular weight is 270 g/mol. The van der Waals surface area contributed by atoms with Gasteiger partial charge in [0.1, 0.15) is 0 Å². The van der Waals surface area contributed by atoms with Crippen LogP contribution < -0.4 is 5.32 Å². The normalized spacial score (nSPS) is 17.7. The van der Waals surface area contributed by atoms with Crippen LogP contribution in [-0.4, -0.2) is 41.8 Å². The molecule has 0 aromatic heterocycles. The first-order valence-corrected chi connectivity index (χ1v) is 6.71. The third-order valence-electron chi connectivity index (χ3n) is 2.54. The van der Waals surface area contributed by atoms with Gasteiger partial charge in [0, 0.05) is 25.4 Å².